The van der Waals surface area contributed by atoms with Crippen LogP contribution >= 0.6 is 0 Å². The summed E-state index contributed by atoms with van der Waals surface area (Å²) in [5.41, 5.74) is 6.17. The van der Waals surface area contributed by atoms with E-state index in [-0.39, 0.29) is 24.6 Å². The molecule has 0 bridgehead atoms. The van der Waals surface area contributed by atoms with Gasteiger partial charge in [0.1, 0.15) is 5.75 Å². The smallest absolute Gasteiger partial charge is 0.340 e. The number of carbonyl (C=O) groups excluding carboxylic acids is 2. The molecule has 0 atom stereocenters. The summed E-state index contributed by atoms with van der Waals surface area (Å²) in [6.45, 7) is 0.164. The Labute approximate surface area is 105 Å². The molecule has 0 radical (unpaired) electrons. The first-order valence-corrected chi connectivity index (χ1v) is 5.26. The lowest BCUT2D eigenvalue weighted by molar-refractivity contribution is -0.141. The molecule has 0 aliphatic rings. The quantitative estimate of drug-likeness (QED) is 0.622. The molecular weight excluding hydrogens is 238 g/mol. The minimum absolute atomic E-state index is 0.133. The van der Waals surface area contributed by atoms with Gasteiger partial charge in [0.05, 0.1) is 32.8 Å². The van der Waals surface area contributed by atoms with E-state index in [2.05, 4.69) is 9.47 Å². The van der Waals surface area contributed by atoms with E-state index in [1.807, 2.05) is 0 Å². The standard InChI is InChI=1S/C12H15NO5/c1-16-11(14)5-6-18-8-3-4-10(13)9(7-8)12(15)17-2/h3-4,7H,5-6,13H2,1-2H3. The van der Waals surface area contributed by atoms with Crippen LogP contribution in [0.15, 0.2) is 18.2 Å². The van der Waals surface area contributed by atoms with Gasteiger partial charge in [0.15, 0.2) is 0 Å². The van der Waals surface area contributed by atoms with E-state index in [1.54, 1.807) is 12.1 Å². The molecule has 0 spiro atoms. The topological polar surface area (TPSA) is 87.9 Å². The van der Waals surface area contributed by atoms with E-state index in [4.69, 9.17) is 10.5 Å². The van der Waals surface area contributed by atoms with E-state index < -0.39 is 5.97 Å². The average molecular weight is 253 g/mol. The van der Waals surface area contributed by atoms with Crippen molar-refractivity contribution in [2.24, 2.45) is 0 Å². The van der Waals surface area contributed by atoms with Crippen molar-refractivity contribution in [3.05, 3.63) is 23.8 Å². The zero-order chi connectivity index (χ0) is 13.5. The van der Waals surface area contributed by atoms with Crippen molar-refractivity contribution in [3.63, 3.8) is 0 Å². The second-order valence-corrected chi connectivity index (χ2v) is 3.42. The molecule has 1 aromatic rings. The summed E-state index contributed by atoms with van der Waals surface area (Å²) in [5, 5.41) is 0. The van der Waals surface area contributed by atoms with Crippen LogP contribution in [0.3, 0.4) is 0 Å². The van der Waals surface area contributed by atoms with Gasteiger partial charge in [-0.2, -0.15) is 0 Å². The van der Waals surface area contributed by atoms with E-state index >= 15 is 0 Å². The van der Waals surface area contributed by atoms with Crippen molar-refractivity contribution in [2.75, 3.05) is 26.6 Å². The lowest BCUT2D eigenvalue weighted by atomic mass is 10.2. The fourth-order valence-electron chi connectivity index (χ4n) is 1.27. The SMILES string of the molecule is COC(=O)CCOc1ccc(N)c(C(=O)OC)c1. The predicted octanol–water partition coefficient (Wildman–Crippen LogP) is 0.997. The van der Waals surface area contributed by atoms with Crippen molar-refractivity contribution in [2.45, 2.75) is 6.42 Å². The van der Waals surface area contributed by atoms with Gasteiger partial charge in [0.25, 0.3) is 0 Å². The summed E-state index contributed by atoms with van der Waals surface area (Å²) in [7, 11) is 2.58. The first kappa shape index (κ1) is 13.8. The first-order chi connectivity index (χ1) is 8.58. The number of benzene rings is 1. The second kappa shape index (κ2) is 6.48. The molecule has 0 unspecified atom stereocenters. The van der Waals surface area contributed by atoms with Gasteiger partial charge in [-0.25, -0.2) is 4.79 Å². The third-order valence-corrected chi connectivity index (χ3v) is 2.23. The third-order valence-electron chi connectivity index (χ3n) is 2.23. The molecule has 0 aromatic heterocycles. The molecule has 98 valence electrons. The Bertz CT molecular complexity index is 444. The zero-order valence-electron chi connectivity index (χ0n) is 10.3. The molecule has 0 aliphatic heterocycles. The van der Waals surface area contributed by atoms with Gasteiger partial charge >= 0.3 is 11.9 Å². The van der Waals surface area contributed by atoms with Gasteiger partial charge in [-0.3, -0.25) is 4.79 Å². The molecule has 0 amide bonds. The lowest BCUT2D eigenvalue weighted by Gasteiger charge is -2.08. The Kier molecular flexibility index (Phi) is 4.98. The third kappa shape index (κ3) is 3.65. The van der Waals surface area contributed by atoms with Crippen LogP contribution in [0, 0.1) is 0 Å². The number of methoxy groups -OCH3 is 2. The monoisotopic (exact) mass is 253 g/mol. The lowest BCUT2D eigenvalue weighted by Crippen LogP contribution is -2.09. The first-order valence-electron chi connectivity index (χ1n) is 5.26. The van der Waals surface area contributed by atoms with Crippen LogP contribution in [0.5, 0.6) is 5.75 Å². The highest BCUT2D eigenvalue weighted by Gasteiger charge is 2.11. The van der Waals surface area contributed by atoms with Crippen molar-refractivity contribution >= 4 is 17.6 Å². The highest BCUT2D eigenvalue weighted by molar-refractivity contribution is 5.95. The number of anilines is 1. The largest absolute Gasteiger partial charge is 0.493 e. The average Bonchev–Trinajstić information content (AvgIpc) is 2.39. The molecular formula is C12H15NO5. The van der Waals surface area contributed by atoms with E-state index in [9.17, 15) is 9.59 Å². The predicted molar refractivity (Wildman–Crippen MR) is 64.3 cm³/mol. The number of carbonyl (C=O) groups is 2. The maximum Gasteiger partial charge on any atom is 0.340 e. The normalized spacial score (nSPS) is 9.67. The highest BCUT2D eigenvalue weighted by atomic mass is 16.5. The van der Waals surface area contributed by atoms with Gasteiger partial charge in [-0.15, -0.1) is 0 Å². The number of rotatable bonds is 5. The summed E-state index contributed by atoms with van der Waals surface area (Å²) in [4.78, 5) is 22.3. The van der Waals surface area contributed by atoms with Crippen molar-refractivity contribution in [3.8, 4) is 5.75 Å². The van der Waals surface area contributed by atoms with Crippen molar-refractivity contribution < 1.29 is 23.8 Å². The Balaban J connectivity index is 2.67. The van der Waals surface area contributed by atoms with Crippen LogP contribution in [0.2, 0.25) is 0 Å². The number of hydrogen-bond donors (Lipinski definition) is 1. The molecule has 1 rings (SSSR count). The van der Waals surface area contributed by atoms with Crippen LogP contribution in [0.1, 0.15) is 16.8 Å². The highest BCUT2D eigenvalue weighted by Crippen LogP contribution is 2.20. The maximum absolute atomic E-state index is 11.4. The Hall–Kier alpha value is -2.24. The molecule has 0 saturated carbocycles. The molecule has 6 heteroatoms. The number of ether oxygens (including phenoxy) is 3. The summed E-state index contributed by atoms with van der Waals surface area (Å²) >= 11 is 0. The van der Waals surface area contributed by atoms with Crippen molar-refractivity contribution in [1.82, 2.24) is 0 Å². The van der Waals surface area contributed by atoms with E-state index in [0.29, 0.717) is 11.4 Å². The Morgan fingerprint density at radius 2 is 1.94 bits per heavy atom. The summed E-state index contributed by atoms with van der Waals surface area (Å²) in [6.07, 6.45) is 0.133. The fourth-order valence-corrected chi connectivity index (χ4v) is 1.27. The number of hydrogen-bond acceptors (Lipinski definition) is 6. The molecule has 1 aromatic carbocycles. The van der Waals surface area contributed by atoms with Crippen LogP contribution in [-0.4, -0.2) is 32.8 Å². The summed E-state index contributed by atoms with van der Waals surface area (Å²) in [6, 6.07) is 4.62. The van der Waals surface area contributed by atoms with Gasteiger partial charge in [-0.1, -0.05) is 0 Å². The summed E-state index contributed by atoms with van der Waals surface area (Å²) < 4.78 is 14.4. The zero-order valence-corrected chi connectivity index (χ0v) is 10.3. The van der Waals surface area contributed by atoms with Crippen LogP contribution < -0.4 is 10.5 Å². The maximum atomic E-state index is 11.4. The van der Waals surface area contributed by atoms with Gasteiger partial charge in [0.2, 0.25) is 0 Å². The molecule has 0 heterocycles. The molecule has 18 heavy (non-hydrogen) atoms. The van der Waals surface area contributed by atoms with Crippen LogP contribution in [0.4, 0.5) is 5.69 Å². The number of nitrogen functional groups attached to an aromatic ring is 1. The fraction of sp³-hybridized carbons (Fsp3) is 0.333. The Morgan fingerprint density at radius 3 is 2.56 bits per heavy atom. The summed E-state index contributed by atoms with van der Waals surface area (Å²) in [5.74, 6) is -0.460. The number of esters is 2. The Morgan fingerprint density at radius 1 is 1.22 bits per heavy atom. The second-order valence-electron chi connectivity index (χ2n) is 3.42. The van der Waals surface area contributed by atoms with Crippen LogP contribution in [0.25, 0.3) is 0 Å². The van der Waals surface area contributed by atoms with Crippen LogP contribution in [-0.2, 0) is 14.3 Å². The minimum Gasteiger partial charge on any atom is -0.493 e. The molecule has 0 saturated heterocycles. The molecule has 0 aliphatic carbocycles. The van der Waals surface area contributed by atoms with Gasteiger partial charge in [0, 0.05) is 5.69 Å². The minimum atomic E-state index is -0.536. The molecule has 2 N–H and O–H groups in total. The van der Waals surface area contributed by atoms with Gasteiger partial charge in [-0.05, 0) is 18.2 Å². The van der Waals surface area contributed by atoms with Crippen molar-refractivity contribution in [1.29, 1.82) is 0 Å². The molecule has 0 fully saturated rings. The van der Waals surface area contributed by atoms with Gasteiger partial charge < -0.3 is 19.9 Å². The van der Waals surface area contributed by atoms with E-state index in [0.717, 1.165) is 0 Å². The van der Waals surface area contributed by atoms with E-state index in [1.165, 1.54) is 20.3 Å². The number of nitrogens with two attached hydrogens (primary N) is 1. The molecule has 6 nitrogen and oxygen atoms in total.